The van der Waals surface area contributed by atoms with Crippen molar-refractivity contribution in [2.45, 2.75) is 25.8 Å². The zero-order valence-electron chi connectivity index (χ0n) is 11.5. The van der Waals surface area contributed by atoms with Crippen LogP contribution in [0.25, 0.3) is 5.69 Å². The highest BCUT2D eigenvalue weighted by Gasteiger charge is 2.16. The predicted octanol–water partition coefficient (Wildman–Crippen LogP) is 1.23. The number of H-pyrrole nitrogens is 1. The van der Waals surface area contributed by atoms with E-state index in [-0.39, 0.29) is 18.0 Å². The van der Waals surface area contributed by atoms with E-state index in [2.05, 4.69) is 10.3 Å². The van der Waals surface area contributed by atoms with Crippen molar-refractivity contribution in [3.63, 3.8) is 0 Å². The van der Waals surface area contributed by atoms with Crippen molar-refractivity contribution in [2.75, 3.05) is 5.32 Å². The molecule has 0 atom stereocenters. The van der Waals surface area contributed by atoms with Gasteiger partial charge < -0.3 is 16.0 Å². The quantitative estimate of drug-likeness (QED) is 0.783. The molecular weight excluding hydrogens is 256 g/mol. The summed E-state index contributed by atoms with van der Waals surface area (Å²) in [4.78, 5) is 25.8. The molecule has 0 fully saturated rings. The lowest BCUT2D eigenvalue weighted by Crippen LogP contribution is -2.36. The maximum Gasteiger partial charge on any atom is 0.330 e. The fraction of sp³-hybridized carbons (Fsp3) is 0.286. The van der Waals surface area contributed by atoms with Crippen molar-refractivity contribution in [1.29, 1.82) is 0 Å². The molecule has 1 heterocycles. The van der Waals surface area contributed by atoms with Crippen LogP contribution in [0.1, 0.15) is 20.3 Å². The fourth-order valence-corrected chi connectivity index (χ4v) is 1.85. The summed E-state index contributed by atoms with van der Waals surface area (Å²) in [5, 5.41) is 2.77. The number of nitrogens with zero attached hydrogens (tertiary/aromatic N) is 1. The second kappa shape index (κ2) is 5.34. The van der Waals surface area contributed by atoms with E-state index in [4.69, 9.17) is 5.73 Å². The van der Waals surface area contributed by atoms with Gasteiger partial charge in [0, 0.05) is 30.0 Å². The molecule has 0 spiro atoms. The monoisotopic (exact) mass is 274 g/mol. The predicted molar refractivity (Wildman–Crippen MR) is 77.9 cm³/mol. The molecule has 106 valence electrons. The van der Waals surface area contributed by atoms with Crippen LogP contribution in [0.5, 0.6) is 0 Å². The van der Waals surface area contributed by atoms with Gasteiger partial charge in [-0.25, -0.2) is 4.79 Å². The van der Waals surface area contributed by atoms with Gasteiger partial charge in [-0.3, -0.25) is 9.36 Å². The number of hydrogen-bond acceptors (Lipinski definition) is 3. The molecule has 0 aliphatic heterocycles. The van der Waals surface area contributed by atoms with Gasteiger partial charge in [-0.05, 0) is 38.1 Å². The van der Waals surface area contributed by atoms with Crippen LogP contribution in [0.2, 0.25) is 0 Å². The van der Waals surface area contributed by atoms with E-state index in [1.165, 1.54) is 4.57 Å². The summed E-state index contributed by atoms with van der Waals surface area (Å²) in [6, 6.07) is 7.02. The number of carbonyl (C=O) groups excluding carboxylic acids is 1. The van der Waals surface area contributed by atoms with Crippen molar-refractivity contribution in [3.8, 4) is 5.69 Å². The minimum absolute atomic E-state index is 0.135. The molecule has 20 heavy (non-hydrogen) atoms. The summed E-state index contributed by atoms with van der Waals surface area (Å²) < 4.78 is 1.48. The molecule has 0 unspecified atom stereocenters. The van der Waals surface area contributed by atoms with Crippen LogP contribution in [0.3, 0.4) is 0 Å². The average molecular weight is 274 g/mol. The first kappa shape index (κ1) is 14.1. The molecule has 4 N–H and O–H groups in total. The van der Waals surface area contributed by atoms with E-state index in [0.29, 0.717) is 5.69 Å². The number of nitrogens with two attached hydrogens (primary N) is 1. The van der Waals surface area contributed by atoms with Crippen LogP contribution >= 0.6 is 0 Å². The Morgan fingerprint density at radius 2 is 2.00 bits per heavy atom. The van der Waals surface area contributed by atoms with Gasteiger partial charge in [-0.1, -0.05) is 0 Å². The van der Waals surface area contributed by atoms with Crippen molar-refractivity contribution in [1.82, 2.24) is 9.55 Å². The highest BCUT2D eigenvalue weighted by Crippen LogP contribution is 2.13. The molecule has 2 rings (SSSR count). The summed E-state index contributed by atoms with van der Waals surface area (Å²) in [6.45, 7) is 3.60. The molecule has 2 aromatic rings. The largest absolute Gasteiger partial charge is 0.330 e. The van der Waals surface area contributed by atoms with Gasteiger partial charge in [-0.15, -0.1) is 0 Å². The Morgan fingerprint density at radius 1 is 1.35 bits per heavy atom. The van der Waals surface area contributed by atoms with Crippen LogP contribution in [0.15, 0.2) is 41.5 Å². The van der Waals surface area contributed by atoms with Gasteiger partial charge in [-0.2, -0.15) is 0 Å². The number of carbonyl (C=O) groups is 1. The fourth-order valence-electron chi connectivity index (χ4n) is 1.85. The highest BCUT2D eigenvalue weighted by atomic mass is 16.2. The number of imidazole rings is 1. The number of hydrogen-bond donors (Lipinski definition) is 3. The maximum absolute atomic E-state index is 11.7. The maximum atomic E-state index is 11.7. The van der Waals surface area contributed by atoms with E-state index in [1.807, 2.05) is 0 Å². The van der Waals surface area contributed by atoms with E-state index in [0.717, 1.165) is 5.69 Å². The number of rotatable bonds is 4. The Hall–Kier alpha value is -2.34. The Kier molecular flexibility index (Phi) is 3.76. The minimum Gasteiger partial charge on any atom is -0.326 e. The second-order valence-corrected chi connectivity index (χ2v) is 5.40. The molecule has 0 aliphatic carbocycles. The van der Waals surface area contributed by atoms with Crippen molar-refractivity contribution in [2.24, 2.45) is 5.73 Å². The zero-order valence-corrected chi connectivity index (χ0v) is 11.5. The van der Waals surface area contributed by atoms with E-state index in [9.17, 15) is 9.59 Å². The lowest BCUT2D eigenvalue weighted by molar-refractivity contribution is -0.117. The van der Waals surface area contributed by atoms with Crippen LogP contribution < -0.4 is 16.7 Å². The molecule has 1 aromatic heterocycles. The summed E-state index contributed by atoms with van der Waals surface area (Å²) in [5.41, 5.74) is 6.45. The molecule has 6 nitrogen and oxygen atoms in total. The third-order valence-corrected chi connectivity index (χ3v) is 2.69. The molecule has 6 heteroatoms. The molecule has 0 aliphatic rings. The average Bonchev–Trinajstić information content (AvgIpc) is 2.74. The number of aromatic amines is 1. The van der Waals surface area contributed by atoms with Crippen LogP contribution in [0.4, 0.5) is 5.69 Å². The summed E-state index contributed by atoms with van der Waals surface area (Å²) in [6.07, 6.45) is 3.46. The first-order valence-electron chi connectivity index (χ1n) is 6.30. The third kappa shape index (κ3) is 3.58. The Morgan fingerprint density at radius 3 is 2.50 bits per heavy atom. The molecule has 0 saturated heterocycles. The lowest BCUT2D eigenvalue weighted by atomic mass is 10.0. The molecule has 1 amide bonds. The van der Waals surface area contributed by atoms with Crippen molar-refractivity contribution >= 4 is 11.6 Å². The Bertz CT molecular complexity index is 647. The van der Waals surface area contributed by atoms with Gasteiger partial charge in [0.2, 0.25) is 5.91 Å². The van der Waals surface area contributed by atoms with Gasteiger partial charge in [0.15, 0.2) is 0 Å². The SMILES string of the molecule is CC(C)(N)CC(=O)Nc1ccc(-n2cc[nH]c2=O)cc1. The van der Waals surface area contributed by atoms with E-state index >= 15 is 0 Å². The summed E-state index contributed by atoms with van der Waals surface area (Å²) in [7, 11) is 0. The number of benzene rings is 1. The molecule has 1 aromatic carbocycles. The smallest absolute Gasteiger partial charge is 0.326 e. The Labute approximate surface area is 116 Å². The second-order valence-electron chi connectivity index (χ2n) is 5.40. The van der Waals surface area contributed by atoms with Crippen LogP contribution in [-0.2, 0) is 4.79 Å². The zero-order chi connectivity index (χ0) is 14.8. The van der Waals surface area contributed by atoms with Gasteiger partial charge >= 0.3 is 5.69 Å². The van der Waals surface area contributed by atoms with Gasteiger partial charge in [0.1, 0.15) is 0 Å². The number of nitrogens with one attached hydrogen (secondary N) is 2. The normalized spacial score (nSPS) is 11.3. The lowest BCUT2D eigenvalue weighted by Gasteiger charge is -2.17. The third-order valence-electron chi connectivity index (χ3n) is 2.69. The molecule has 0 radical (unpaired) electrons. The summed E-state index contributed by atoms with van der Waals surface area (Å²) in [5.74, 6) is -0.135. The topological polar surface area (TPSA) is 92.9 Å². The number of amides is 1. The Balaban J connectivity index is 2.08. The van der Waals surface area contributed by atoms with Crippen molar-refractivity contribution in [3.05, 3.63) is 47.1 Å². The molecule has 0 saturated carbocycles. The standard InChI is InChI=1S/C14H18N4O2/c1-14(2,15)9-12(19)17-10-3-5-11(6-4-10)18-8-7-16-13(18)20/h3-8H,9,15H2,1-2H3,(H,16,20)(H,17,19). The highest BCUT2D eigenvalue weighted by molar-refractivity contribution is 5.91. The number of anilines is 1. The van der Waals surface area contributed by atoms with Crippen LogP contribution in [0, 0.1) is 0 Å². The molecule has 0 bridgehead atoms. The van der Waals surface area contributed by atoms with E-state index in [1.54, 1.807) is 50.5 Å². The molecular formula is C14H18N4O2. The number of aromatic nitrogens is 2. The van der Waals surface area contributed by atoms with Crippen molar-refractivity contribution < 1.29 is 4.79 Å². The first-order chi connectivity index (χ1) is 9.35. The van der Waals surface area contributed by atoms with E-state index < -0.39 is 5.54 Å². The van der Waals surface area contributed by atoms with Gasteiger partial charge in [0.05, 0.1) is 5.69 Å². The summed E-state index contributed by atoms with van der Waals surface area (Å²) >= 11 is 0. The van der Waals surface area contributed by atoms with Gasteiger partial charge in [0.25, 0.3) is 0 Å². The van der Waals surface area contributed by atoms with Crippen LogP contribution in [-0.4, -0.2) is 21.0 Å². The first-order valence-corrected chi connectivity index (χ1v) is 6.30. The minimum atomic E-state index is -0.539.